The van der Waals surface area contributed by atoms with E-state index in [1.807, 2.05) is 30.3 Å². The molecule has 0 saturated heterocycles. The third-order valence-corrected chi connectivity index (χ3v) is 4.63. The van der Waals surface area contributed by atoms with E-state index >= 15 is 0 Å². The van der Waals surface area contributed by atoms with Gasteiger partial charge in [0, 0.05) is 6.54 Å². The second kappa shape index (κ2) is 6.59. The number of ether oxygens (including phenoxy) is 1. The number of benzene rings is 2. The first-order valence-electron chi connectivity index (χ1n) is 8.56. The van der Waals surface area contributed by atoms with Crippen molar-refractivity contribution in [3.63, 3.8) is 0 Å². The zero-order chi connectivity index (χ0) is 18.1. The Morgan fingerprint density at radius 1 is 1.19 bits per heavy atom. The van der Waals surface area contributed by atoms with Crippen LogP contribution in [0.3, 0.4) is 0 Å². The van der Waals surface area contributed by atoms with Gasteiger partial charge in [-0.1, -0.05) is 30.3 Å². The highest BCUT2D eigenvalue weighted by atomic mass is 16.5. The number of methoxy groups -OCH3 is 1. The SMILES string of the molecule is COC(=O)c1ccc2nc3n(c(=O)c2c1)CCCC3=Cc1ccccc1. The van der Waals surface area contributed by atoms with Gasteiger partial charge in [0.25, 0.3) is 5.56 Å². The highest BCUT2D eigenvalue weighted by Crippen LogP contribution is 2.27. The molecule has 0 N–H and O–H groups in total. The Balaban J connectivity index is 1.89. The summed E-state index contributed by atoms with van der Waals surface area (Å²) < 4.78 is 6.45. The molecule has 0 amide bonds. The van der Waals surface area contributed by atoms with E-state index in [9.17, 15) is 9.59 Å². The summed E-state index contributed by atoms with van der Waals surface area (Å²) in [6.45, 7) is 0.631. The maximum absolute atomic E-state index is 13.0. The van der Waals surface area contributed by atoms with Gasteiger partial charge in [-0.05, 0) is 48.3 Å². The lowest BCUT2D eigenvalue weighted by molar-refractivity contribution is 0.0601. The van der Waals surface area contributed by atoms with Crippen LogP contribution in [-0.2, 0) is 11.3 Å². The molecule has 0 fully saturated rings. The van der Waals surface area contributed by atoms with Crippen LogP contribution in [0.15, 0.2) is 53.3 Å². The molecule has 5 heteroatoms. The number of carbonyl (C=O) groups excluding carboxylic acids is 1. The highest BCUT2D eigenvalue weighted by Gasteiger charge is 2.19. The zero-order valence-corrected chi connectivity index (χ0v) is 14.4. The van der Waals surface area contributed by atoms with Gasteiger partial charge in [0.1, 0.15) is 5.82 Å². The van der Waals surface area contributed by atoms with Crippen LogP contribution in [0.1, 0.15) is 34.6 Å². The van der Waals surface area contributed by atoms with E-state index < -0.39 is 5.97 Å². The number of hydrogen-bond donors (Lipinski definition) is 0. The van der Waals surface area contributed by atoms with Gasteiger partial charge in [-0.25, -0.2) is 9.78 Å². The minimum Gasteiger partial charge on any atom is -0.465 e. The molecule has 0 bridgehead atoms. The predicted octanol–water partition coefficient (Wildman–Crippen LogP) is 3.52. The van der Waals surface area contributed by atoms with Crippen LogP contribution >= 0.6 is 0 Å². The molecule has 1 aromatic heterocycles. The lowest BCUT2D eigenvalue weighted by Gasteiger charge is -2.21. The summed E-state index contributed by atoms with van der Waals surface area (Å²) in [6.07, 6.45) is 3.86. The van der Waals surface area contributed by atoms with E-state index in [-0.39, 0.29) is 5.56 Å². The molecule has 5 nitrogen and oxygen atoms in total. The first-order chi connectivity index (χ1) is 12.7. The third kappa shape index (κ3) is 2.81. The van der Waals surface area contributed by atoms with Crippen LogP contribution in [0.25, 0.3) is 22.6 Å². The summed E-state index contributed by atoms with van der Waals surface area (Å²) in [4.78, 5) is 29.5. The Morgan fingerprint density at radius 3 is 2.77 bits per heavy atom. The van der Waals surface area contributed by atoms with Crippen molar-refractivity contribution in [3.8, 4) is 0 Å². The molecular weight excluding hydrogens is 328 g/mol. The minimum atomic E-state index is -0.460. The molecule has 2 heterocycles. The van der Waals surface area contributed by atoms with Gasteiger partial charge in [-0.15, -0.1) is 0 Å². The summed E-state index contributed by atoms with van der Waals surface area (Å²) >= 11 is 0. The molecule has 0 radical (unpaired) electrons. The van der Waals surface area contributed by atoms with Crippen molar-refractivity contribution in [3.05, 3.63) is 75.8 Å². The van der Waals surface area contributed by atoms with Gasteiger partial charge in [0.15, 0.2) is 0 Å². The fourth-order valence-electron chi connectivity index (χ4n) is 3.34. The van der Waals surface area contributed by atoms with E-state index in [1.54, 1.807) is 22.8 Å². The number of rotatable bonds is 2. The average molecular weight is 346 g/mol. The number of aromatic nitrogens is 2. The van der Waals surface area contributed by atoms with E-state index in [4.69, 9.17) is 9.72 Å². The molecule has 0 saturated carbocycles. The smallest absolute Gasteiger partial charge is 0.337 e. The lowest BCUT2D eigenvalue weighted by atomic mass is 10.0. The molecule has 4 rings (SSSR count). The predicted molar refractivity (Wildman–Crippen MR) is 101 cm³/mol. The Labute approximate surface area is 150 Å². The van der Waals surface area contributed by atoms with Crippen molar-refractivity contribution >= 4 is 28.5 Å². The molecule has 1 aliphatic heterocycles. The molecular formula is C21H18N2O3. The molecule has 3 aromatic rings. The van der Waals surface area contributed by atoms with E-state index in [2.05, 4.69) is 6.08 Å². The number of fused-ring (bicyclic) bond motifs is 2. The van der Waals surface area contributed by atoms with Crippen molar-refractivity contribution in [2.45, 2.75) is 19.4 Å². The standard InChI is InChI=1S/C21H18N2O3/c1-26-21(25)16-9-10-18-17(13-16)20(24)23-11-5-8-15(19(23)22-18)12-14-6-3-2-4-7-14/h2-4,6-7,9-10,12-13H,5,8,11H2,1H3. The van der Waals surface area contributed by atoms with Crippen LogP contribution in [0.5, 0.6) is 0 Å². The van der Waals surface area contributed by atoms with E-state index in [1.165, 1.54) is 7.11 Å². The highest BCUT2D eigenvalue weighted by molar-refractivity contribution is 5.94. The van der Waals surface area contributed by atoms with Crippen molar-refractivity contribution in [1.82, 2.24) is 9.55 Å². The Morgan fingerprint density at radius 2 is 2.00 bits per heavy atom. The molecule has 0 aliphatic carbocycles. The fourth-order valence-corrected chi connectivity index (χ4v) is 3.34. The van der Waals surface area contributed by atoms with Gasteiger partial charge in [0.05, 0.1) is 23.6 Å². The summed E-state index contributed by atoms with van der Waals surface area (Å²) in [5, 5.41) is 0.442. The maximum Gasteiger partial charge on any atom is 0.337 e. The van der Waals surface area contributed by atoms with Gasteiger partial charge in [0.2, 0.25) is 0 Å². The van der Waals surface area contributed by atoms with Crippen LogP contribution in [-0.4, -0.2) is 22.6 Å². The monoisotopic (exact) mass is 346 g/mol. The topological polar surface area (TPSA) is 61.2 Å². The first-order valence-corrected chi connectivity index (χ1v) is 8.56. The van der Waals surface area contributed by atoms with Crippen molar-refractivity contribution < 1.29 is 9.53 Å². The van der Waals surface area contributed by atoms with Crippen molar-refractivity contribution in [2.24, 2.45) is 0 Å². The van der Waals surface area contributed by atoms with Crippen LogP contribution in [0, 0.1) is 0 Å². The molecule has 1 aliphatic rings. The van der Waals surface area contributed by atoms with Gasteiger partial charge < -0.3 is 4.74 Å². The zero-order valence-electron chi connectivity index (χ0n) is 14.4. The minimum absolute atomic E-state index is 0.116. The molecule has 26 heavy (non-hydrogen) atoms. The summed E-state index contributed by atoms with van der Waals surface area (Å²) in [6, 6.07) is 14.9. The number of allylic oxidation sites excluding steroid dienone is 1. The van der Waals surface area contributed by atoms with E-state index in [0.717, 1.165) is 24.0 Å². The molecule has 2 aromatic carbocycles. The Kier molecular flexibility index (Phi) is 4.13. The normalized spacial score (nSPS) is 15.0. The van der Waals surface area contributed by atoms with Gasteiger partial charge in [-0.2, -0.15) is 0 Å². The largest absolute Gasteiger partial charge is 0.465 e. The third-order valence-electron chi connectivity index (χ3n) is 4.63. The molecule has 130 valence electrons. The van der Waals surface area contributed by atoms with Crippen LogP contribution in [0.2, 0.25) is 0 Å². The van der Waals surface area contributed by atoms with Crippen molar-refractivity contribution in [2.75, 3.05) is 7.11 Å². The molecule has 0 unspecified atom stereocenters. The van der Waals surface area contributed by atoms with Crippen molar-refractivity contribution in [1.29, 1.82) is 0 Å². The lowest BCUT2D eigenvalue weighted by Crippen LogP contribution is -2.28. The van der Waals surface area contributed by atoms with Crippen LogP contribution in [0.4, 0.5) is 0 Å². The van der Waals surface area contributed by atoms with Crippen LogP contribution < -0.4 is 5.56 Å². The summed E-state index contributed by atoms with van der Waals surface area (Å²) in [5.74, 6) is 0.252. The van der Waals surface area contributed by atoms with Gasteiger partial charge in [-0.3, -0.25) is 9.36 Å². The number of hydrogen-bond acceptors (Lipinski definition) is 4. The number of esters is 1. The first kappa shape index (κ1) is 16.3. The number of nitrogens with zero attached hydrogens (tertiary/aromatic N) is 2. The van der Waals surface area contributed by atoms with Gasteiger partial charge >= 0.3 is 5.97 Å². The van der Waals surface area contributed by atoms with E-state index in [0.29, 0.717) is 28.8 Å². The summed E-state index contributed by atoms with van der Waals surface area (Å²) in [7, 11) is 1.32. The fraction of sp³-hybridized carbons (Fsp3) is 0.190. The number of carbonyl (C=O) groups is 1. The Bertz CT molecular complexity index is 1080. The summed E-state index contributed by atoms with van der Waals surface area (Å²) in [5.41, 5.74) is 2.98. The second-order valence-electron chi connectivity index (χ2n) is 6.30. The molecule has 0 spiro atoms. The Hall–Kier alpha value is -3.21. The average Bonchev–Trinajstić information content (AvgIpc) is 2.69. The second-order valence-corrected chi connectivity index (χ2v) is 6.30. The quantitative estimate of drug-likeness (QED) is 0.666. The molecule has 0 atom stereocenters. The maximum atomic E-state index is 13.0.